The first-order valence-electron chi connectivity index (χ1n) is 6.58. The molecule has 2 rings (SSSR count). The van der Waals surface area contributed by atoms with E-state index in [1.807, 2.05) is 0 Å². The van der Waals surface area contributed by atoms with Gasteiger partial charge in [-0.1, -0.05) is 18.5 Å². The van der Waals surface area contributed by atoms with E-state index in [9.17, 15) is 13.2 Å². The largest absolute Gasteiger partial charge is 0.338 e. The van der Waals surface area contributed by atoms with Crippen molar-refractivity contribution in [1.82, 2.24) is 4.90 Å². The summed E-state index contributed by atoms with van der Waals surface area (Å²) >= 11 is 5.89. The topological polar surface area (TPSA) is 54.5 Å². The Balaban J connectivity index is 2.31. The molecule has 20 heavy (non-hydrogen) atoms. The minimum Gasteiger partial charge on any atom is -0.338 e. The molecule has 1 saturated heterocycles. The van der Waals surface area contributed by atoms with E-state index in [2.05, 4.69) is 6.92 Å². The van der Waals surface area contributed by atoms with Crippen LogP contribution in [0.3, 0.4) is 0 Å². The van der Waals surface area contributed by atoms with Gasteiger partial charge in [0.05, 0.1) is 9.92 Å². The number of likely N-dealkylation sites (tertiary alicyclic amines) is 1. The molecule has 1 fully saturated rings. The Kier molecular flexibility index (Phi) is 4.39. The molecule has 1 unspecified atom stereocenters. The summed E-state index contributed by atoms with van der Waals surface area (Å²) in [4.78, 5) is 14.2. The molecule has 0 spiro atoms. The summed E-state index contributed by atoms with van der Waals surface area (Å²) < 4.78 is 23.3. The summed E-state index contributed by atoms with van der Waals surface area (Å²) in [6, 6.07) is 4.43. The molecule has 110 valence electrons. The number of nitrogens with zero attached hydrogens (tertiary/aromatic N) is 1. The molecule has 1 amide bonds. The SMILES string of the molecule is CC1CCCN(C(=O)c2ccc(Cl)c(S(C)(=O)=O)c2)C1. The second kappa shape index (κ2) is 5.74. The van der Waals surface area contributed by atoms with Crippen LogP contribution in [0.15, 0.2) is 23.1 Å². The first-order valence-corrected chi connectivity index (χ1v) is 8.85. The van der Waals surface area contributed by atoms with Gasteiger partial charge in [-0.15, -0.1) is 0 Å². The Hall–Kier alpha value is -1.07. The highest BCUT2D eigenvalue weighted by Crippen LogP contribution is 2.24. The fraction of sp³-hybridized carbons (Fsp3) is 0.500. The summed E-state index contributed by atoms with van der Waals surface area (Å²) in [7, 11) is -3.43. The van der Waals surface area contributed by atoms with Gasteiger partial charge < -0.3 is 4.90 Å². The lowest BCUT2D eigenvalue weighted by atomic mass is 9.99. The van der Waals surface area contributed by atoms with Crippen molar-refractivity contribution in [3.63, 3.8) is 0 Å². The lowest BCUT2D eigenvalue weighted by Gasteiger charge is -2.31. The molecule has 0 bridgehead atoms. The van der Waals surface area contributed by atoms with Crippen LogP contribution in [0, 0.1) is 5.92 Å². The number of sulfone groups is 1. The molecule has 0 aliphatic carbocycles. The first kappa shape index (κ1) is 15.3. The number of carbonyl (C=O) groups excluding carboxylic acids is 1. The van der Waals surface area contributed by atoms with Crippen LogP contribution >= 0.6 is 11.6 Å². The van der Waals surface area contributed by atoms with Gasteiger partial charge in [0.1, 0.15) is 0 Å². The second-order valence-corrected chi connectivity index (χ2v) is 7.81. The van der Waals surface area contributed by atoms with Crippen LogP contribution < -0.4 is 0 Å². The van der Waals surface area contributed by atoms with Gasteiger partial charge >= 0.3 is 0 Å². The third-order valence-electron chi connectivity index (χ3n) is 3.52. The van der Waals surface area contributed by atoms with Crippen molar-refractivity contribution < 1.29 is 13.2 Å². The fourth-order valence-electron chi connectivity index (χ4n) is 2.48. The summed E-state index contributed by atoms with van der Waals surface area (Å²) in [5, 5.41) is 0.149. The van der Waals surface area contributed by atoms with E-state index in [-0.39, 0.29) is 15.8 Å². The monoisotopic (exact) mass is 315 g/mol. The molecule has 1 aromatic carbocycles. The maximum Gasteiger partial charge on any atom is 0.253 e. The molecule has 1 atom stereocenters. The normalized spacial score (nSPS) is 19.9. The Morgan fingerprint density at radius 1 is 1.40 bits per heavy atom. The molecule has 1 heterocycles. The summed E-state index contributed by atoms with van der Waals surface area (Å²) in [6.07, 6.45) is 3.20. The zero-order chi connectivity index (χ0) is 14.9. The average Bonchev–Trinajstić information content (AvgIpc) is 2.37. The highest BCUT2D eigenvalue weighted by molar-refractivity contribution is 7.90. The molecule has 0 N–H and O–H groups in total. The summed E-state index contributed by atoms with van der Waals surface area (Å²) in [6.45, 7) is 3.55. The Labute approximate surface area is 124 Å². The van der Waals surface area contributed by atoms with E-state index >= 15 is 0 Å². The van der Waals surface area contributed by atoms with Crippen molar-refractivity contribution in [2.45, 2.75) is 24.7 Å². The van der Waals surface area contributed by atoms with E-state index in [1.54, 1.807) is 11.0 Å². The van der Waals surface area contributed by atoms with Crippen molar-refractivity contribution in [1.29, 1.82) is 0 Å². The molecule has 4 nitrogen and oxygen atoms in total. The maximum absolute atomic E-state index is 12.4. The summed E-state index contributed by atoms with van der Waals surface area (Å²) in [5.41, 5.74) is 0.379. The van der Waals surface area contributed by atoms with Gasteiger partial charge in [-0.25, -0.2) is 8.42 Å². The highest BCUT2D eigenvalue weighted by atomic mass is 35.5. The molecular weight excluding hydrogens is 298 g/mol. The van der Waals surface area contributed by atoms with Crippen LogP contribution in [0.4, 0.5) is 0 Å². The molecule has 1 aliphatic heterocycles. The smallest absolute Gasteiger partial charge is 0.253 e. The maximum atomic E-state index is 12.4. The number of halogens is 1. The van der Waals surface area contributed by atoms with Gasteiger partial charge in [0.25, 0.3) is 5.91 Å². The number of piperidine rings is 1. The molecular formula is C14H18ClNO3S. The third kappa shape index (κ3) is 3.33. The van der Waals surface area contributed by atoms with Crippen molar-refractivity contribution in [3.05, 3.63) is 28.8 Å². The Bertz CT molecular complexity index is 627. The predicted molar refractivity (Wildman–Crippen MR) is 78.9 cm³/mol. The molecule has 0 aromatic heterocycles. The average molecular weight is 316 g/mol. The lowest BCUT2D eigenvalue weighted by molar-refractivity contribution is 0.0683. The predicted octanol–water partition coefficient (Wildman–Crippen LogP) is 2.62. The quantitative estimate of drug-likeness (QED) is 0.843. The van der Waals surface area contributed by atoms with Gasteiger partial charge in [-0.2, -0.15) is 0 Å². The second-order valence-electron chi connectivity index (χ2n) is 5.42. The van der Waals surface area contributed by atoms with Gasteiger partial charge in [0.15, 0.2) is 9.84 Å². The number of carbonyl (C=O) groups is 1. The fourth-order valence-corrected chi connectivity index (χ4v) is 3.78. The van der Waals surface area contributed by atoms with Crippen LogP contribution in [0.1, 0.15) is 30.1 Å². The van der Waals surface area contributed by atoms with Crippen molar-refractivity contribution in [2.24, 2.45) is 5.92 Å². The van der Waals surface area contributed by atoms with E-state index in [4.69, 9.17) is 11.6 Å². The number of hydrogen-bond donors (Lipinski definition) is 0. The Morgan fingerprint density at radius 2 is 2.10 bits per heavy atom. The minimum absolute atomic E-state index is 0.00933. The van der Waals surface area contributed by atoms with Crippen LogP contribution in [-0.4, -0.2) is 38.6 Å². The van der Waals surface area contributed by atoms with Gasteiger partial charge in [-0.05, 0) is 37.0 Å². The lowest BCUT2D eigenvalue weighted by Crippen LogP contribution is -2.39. The van der Waals surface area contributed by atoms with Crippen LogP contribution in [-0.2, 0) is 9.84 Å². The van der Waals surface area contributed by atoms with Gasteiger partial charge in [0.2, 0.25) is 0 Å². The van der Waals surface area contributed by atoms with E-state index in [0.29, 0.717) is 11.5 Å². The zero-order valence-corrected chi connectivity index (χ0v) is 13.2. The molecule has 0 saturated carbocycles. The summed E-state index contributed by atoms with van der Waals surface area (Å²) in [5.74, 6) is 0.354. The standard InChI is InChI=1S/C14H18ClNO3S/c1-10-4-3-7-16(9-10)14(17)11-5-6-12(15)13(8-11)20(2,18)19/h5-6,8,10H,3-4,7,9H2,1-2H3. The third-order valence-corrected chi connectivity index (χ3v) is 5.10. The minimum atomic E-state index is -3.43. The highest BCUT2D eigenvalue weighted by Gasteiger charge is 2.23. The van der Waals surface area contributed by atoms with Crippen molar-refractivity contribution >= 4 is 27.3 Å². The number of benzene rings is 1. The van der Waals surface area contributed by atoms with Gasteiger partial charge in [-0.3, -0.25) is 4.79 Å². The molecule has 1 aromatic rings. The molecule has 0 radical (unpaired) electrons. The molecule has 6 heteroatoms. The van der Waals surface area contributed by atoms with Crippen molar-refractivity contribution in [2.75, 3.05) is 19.3 Å². The number of amides is 1. The Morgan fingerprint density at radius 3 is 2.70 bits per heavy atom. The van der Waals surface area contributed by atoms with Crippen LogP contribution in [0.5, 0.6) is 0 Å². The van der Waals surface area contributed by atoms with Gasteiger partial charge in [0, 0.05) is 24.9 Å². The van der Waals surface area contributed by atoms with E-state index < -0.39 is 9.84 Å². The van der Waals surface area contributed by atoms with E-state index in [1.165, 1.54) is 12.1 Å². The van der Waals surface area contributed by atoms with Crippen molar-refractivity contribution in [3.8, 4) is 0 Å². The zero-order valence-electron chi connectivity index (χ0n) is 11.6. The van der Waals surface area contributed by atoms with Crippen LogP contribution in [0.25, 0.3) is 0 Å². The number of hydrogen-bond acceptors (Lipinski definition) is 3. The van der Waals surface area contributed by atoms with Crippen LogP contribution in [0.2, 0.25) is 5.02 Å². The molecule has 1 aliphatic rings. The number of rotatable bonds is 2. The van der Waals surface area contributed by atoms with E-state index in [0.717, 1.165) is 32.2 Å². The first-order chi connectivity index (χ1) is 9.29.